The average molecular weight is 262 g/mol. The van der Waals surface area contributed by atoms with Gasteiger partial charge in [-0.3, -0.25) is 5.32 Å². The summed E-state index contributed by atoms with van der Waals surface area (Å²) in [6.07, 6.45) is -1.08. The second-order valence-corrected chi connectivity index (χ2v) is 4.43. The Morgan fingerprint density at radius 3 is 2.67 bits per heavy atom. The van der Waals surface area contributed by atoms with Crippen molar-refractivity contribution in [3.8, 4) is 11.1 Å². The van der Waals surface area contributed by atoms with E-state index in [1.165, 1.54) is 0 Å². The molecule has 0 fully saturated rings. The van der Waals surface area contributed by atoms with Gasteiger partial charge in [0.2, 0.25) is 0 Å². The average Bonchev–Trinajstić information content (AvgIpc) is 2.31. The smallest absolute Gasteiger partial charge is 0.409 e. The van der Waals surface area contributed by atoms with Crippen LogP contribution in [-0.4, -0.2) is 11.2 Å². The van der Waals surface area contributed by atoms with Crippen LogP contribution in [0.4, 0.5) is 10.5 Å². The molecule has 2 aromatic carbocycles. The van der Waals surface area contributed by atoms with E-state index in [1.54, 1.807) is 12.1 Å². The molecule has 4 heteroatoms. The largest absolute Gasteiger partial charge is 0.465 e. The van der Waals surface area contributed by atoms with Gasteiger partial charge in [0.1, 0.15) is 0 Å². The van der Waals surface area contributed by atoms with Crippen molar-refractivity contribution in [3.63, 3.8) is 0 Å². The first-order valence-electron chi connectivity index (χ1n) is 5.43. The third-order valence-corrected chi connectivity index (χ3v) is 2.79. The third kappa shape index (κ3) is 2.81. The summed E-state index contributed by atoms with van der Waals surface area (Å²) in [6.45, 7) is 1.96. The molecular weight excluding hydrogens is 250 g/mol. The minimum atomic E-state index is -1.08. The van der Waals surface area contributed by atoms with Crippen LogP contribution in [0.15, 0.2) is 42.5 Å². The number of aryl methyl sites for hydroxylation is 1. The second kappa shape index (κ2) is 5.10. The summed E-state index contributed by atoms with van der Waals surface area (Å²) < 4.78 is 0. The van der Waals surface area contributed by atoms with Gasteiger partial charge in [-0.15, -0.1) is 0 Å². The third-order valence-electron chi connectivity index (χ3n) is 2.55. The maximum atomic E-state index is 10.8. The Balaban J connectivity index is 2.54. The summed E-state index contributed by atoms with van der Waals surface area (Å²) >= 11 is 5.96. The topological polar surface area (TPSA) is 49.3 Å². The number of amides is 1. The summed E-state index contributed by atoms with van der Waals surface area (Å²) in [6, 6.07) is 12.9. The standard InChI is InChI=1S/C14H12ClNO2/c1-9-5-6-13(16-14(17)18)12(7-9)10-3-2-4-11(15)8-10/h2-8,16H,1H3,(H,17,18). The first kappa shape index (κ1) is 12.5. The second-order valence-electron chi connectivity index (χ2n) is 3.99. The normalized spacial score (nSPS) is 10.1. The SMILES string of the molecule is Cc1ccc(NC(=O)O)c(-c2cccc(Cl)c2)c1. The van der Waals surface area contributed by atoms with Gasteiger partial charge in [0, 0.05) is 10.6 Å². The Morgan fingerprint density at radius 2 is 2.00 bits per heavy atom. The van der Waals surface area contributed by atoms with E-state index in [0.29, 0.717) is 10.7 Å². The van der Waals surface area contributed by atoms with Crippen molar-refractivity contribution in [3.05, 3.63) is 53.1 Å². The van der Waals surface area contributed by atoms with Crippen molar-refractivity contribution < 1.29 is 9.90 Å². The van der Waals surface area contributed by atoms with E-state index in [4.69, 9.17) is 16.7 Å². The summed E-state index contributed by atoms with van der Waals surface area (Å²) in [4.78, 5) is 10.8. The molecule has 18 heavy (non-hydrogen) atoms. The van der Waals surface area contributed by atoms with Crippen molar-refractivity contribution >= 4 is 23.4 Å². The van der Waals surface area contributed by atoms with Gasteiger partial charge in [-0.1, -0.05) is 35.4 Å². The summed E-state index contributed by atoms with van der Waals surface area (Å²) in [5, 5.41) is 11.8. The first-order valence-corrected chi connectivity index (χ1v) is 5.80. The Bertz CT molecular complexity index is 596. The molecule has 2 rings (SSSR count). The van der Waals surface area contributed by atoms with E-state index in [2.05, 4.69) is 5.32 Å². The molecule has 0 aliphatic rings. The molecule has 0 saturated heterocycles. The molecule has 0 aromatic heterocycles. The molecule has 0 saturated carbocycles. The first-order chi connectivity index (χ1) is 8.56. The zero-order chi connectivity index (χ0) is 13.1. The highest BCUT2D eigenvalue weighted by atomic mass is 35.5. The van der Waals surface area contributed by atoms with Gasteiger partial charge in [-0.2, -0.15) is 0 Å². The molecule has 0 aliphatic heterocycles. The number of carbonyl (C=O) groups is 1. The number of anilines is 1. The van der Waals surface area contributed by atoms with E-state index in [9.17, 15) is 4.79 Å². The minimum absolute atomic E-state index is 0.551. The zero-order valence-corrected chi connectivity index (χ0v) is 10.5. The summed E-state index contributed by atoms with van der Waals surface area (Å²) in [7, 11) is 0. The molecule has 0 bridgehead atoms. The molecule has 0 atom stereocenters. The van der Waals surface area contributed by atoms with E-state index in [1.807, 2.05) is 37.3 Å². The van der Waals surface area contributed by atoms with E-state index >= 15 is 0 Å². The van der Waals surface area contributed by atoms with Gasteiger partial charge in [0.15, 0.2) is 0 Å². The van der Waals surface area contributed by atoms with E-state index in [-0.39, 0.29) is 0 Å². The number of hydrogen-bond donors (Lipinski definition) is 2. The van der Waals surface area contributed by atoms with Crippen LogP contribution in [0.5, 0.6) is 0 Å². The van der Waals surface area contributed by atoms with Crippen LogP contribution in [0.2, 0.25) is 5.02 Å². The molecule has 3 nitrogen and oxygen atoms in total. The molecule has 0 unspecified atom stereocenters. The van der Waals surface area contributed by atoms with E-state index in [0.717, 1.165) is 16.7 Å². The molecule has 0 aliphatic carbocycles. The van der Waals surface area contributed by atoms with Gasteiger partial charge in [0.05, 0.1) is 5.69 Å². The highest BCUT2D eigenvalue weighted by Crippen LogP contribution is 2.30. The summed E-state index contributed by atoms with van der Waals surface area (Å²) in [5.74, 6) is 0. The fourth-order valence-corrected chi connectivity index (χ4v) is 1.97. The van der Waals surface area contributed by atoms with Crippen LogP contribution < -0.4 is 5.32 Å². The fourth-order valence-electron chi connectivity index (χ4n) is 1.78. The zero-order valence-electron chi connectivity index (χ0n) is 9.77. The Morgan fingerprint density at radius 1 is 1.22 bits per heavy atom. The molecule has 2 aromatic rings. The molecular formula is C14H12ClNO2. The van der Waals surface area contributed by atoms with Gasteiger partial charge in [0.25, 0.3) is 0 Å². The number of hydrogen-bond acceptors (Lipinski definition) is 1. The predicted octanol–water partition coefficient (Wildman–Crippen LogP) is 4.41. The monoisotopic (exact) mass is 261 g/mol. The molecule has 92 valence electrons. The molecule has 0 heterocycles. The predicted molar refractivity (Wildman–Crippen MR) is 73.3 cm³/mol. The van der Waals surface area contributed by atoms with Gasteiger partial charge in [-0.25, -0.2) is 4.79 Å². The number of rotatable bonds is 2. The molecule has 2 N–H and O–H groups in total. The van der Waals surface area contributed by atoms with Crippen LogP contribution in [0.3, 0.4) is 0 Å². The van der Waals surface area contributed by atoms with Crippen LogP contribution >= 0.6 is 11.6 Å². The highest BCUT2D eigenvalue weighted by molar-refractivity contribution is 6.30. The summed E-state index contributed by atoms with van der Waals surface area (Å²) in [5.41, 5.74) is 3.31. The molecule has 0 spiro atoms. The van der Waals surface area contributed by atoms with E-state index < -0.39 is 6.09 Å². The molecule has 0 radical (unpaired) electrons. The number of benzene rings is 2. The lowest BCUT2D eigenvalue weighted by molar-refractivity contribution is 0.210. The maximum absolute atomic E-state index is 10.8. The van der Waals surface area contributed by atoms with Gasteiger partial charge >= 0.3 is 6.09 Å². The Hall–Kier alpha value is -2.00. The number of halogens is 1. The van der Waals surface area contributed by atoms with Gasteiger partial charge in [-0.05, 0) is 36.8 Å². The maximum Gasteiger partial charge on any atom is 0.409 e. The van der Waals surface area contributed by atoms with Gasteiger partial charge < -0.3 is 5.11 Å². The molecule has 1 amide bonds. The Kier molecular flexibility index (Phi) is 3.53. The number of carboxylic acid groups (broad SMARTS) is 1. The quantitative estimate of drug-likeness (QED) is 0.841. The number of nitrogens with one attached hydrogen (secondary N) is 1. The fraction of sp³-hybridized carbons (Fsp3) is 0.0714. The van der Waals surface area contributed by atoms with Crippen molar-refractivity contribution in [2.75, 3.05) is 5.32 Å². The van der Waals surface area contributed by atoms with Crippen molar-refractivity contribution in [1.82, 2.24) is 0 Å². The Labute approximate surface area is 110 Å². The highest BCUT2D eigenvalue weighted by Gasteiger charge is 2.08. The van der Waals surface area contributed by atoms with Crippen molar-refractivity contribution in [2.24, 2.45) is 0 Å². The van der Waals surface area contributed by atoms with Crippen LogP contribution in [0.25, 0.3) is 11.1 Å². The van der Waals surface area contributed by atoms with Crippen molar-refractivity contribution in [2.45, 2.75) is 6.92 Å². The lowest BCUT2D eigenvalue weighted by atomic mass is 10.0. The lowest BCUT2D eigenvalue weighted by Gasteiger charge is -2.10. The van der Waals surface area contributed by atoms with Crippen LogP contribution in [0, 0.1) is 6.92 Å². The lowest BCUT2D eigenvalue weighted by Crippen LogP contribution is -2.08. The van der Waals surface area contributed by atoms with Crippen molar-refractivity contribution in [1.29, 1.82) is 0 Å². The minimum Gasteiger partial charge on any atom is -0.465 e. The van der Waals surface area contributed by atoms with Crippen LogP contribution in [0.1, 0.15) is 5.56 Å². The van der Waals surface area contributed by atoms with Crippen LogP contribution in [-0.2, 0) is 0 Å².